The van der Waals surface area contributed by atoms with E-state index >= 15 is 0 Å². The second-order valence-electron chi connectivity index (χ2n) is 13.0. The van der Waals surface area contributed by atoms with Crippen LogP contribution in [0.2, 0.25) is 0 Å². The molecule has 2 aliphatic carbocycles. The Morgan fingerprint density at radius 2 is 1.82 bits per heavy atom. The number of amides is 3. The summed E-state index contributed by atoms with van der Waals surface area (Å²) >= 11 is -1.63. The molecule has 3 amide bonds. The number of aromatic nitrogens is 1. The van der Waals surface area contributed by atoms with E-state index < -0.39 is 16.7 Å². The lowest BCUT2D eigenvalue weighted by Crippen LogP contribution is -2.59. The minimum atomic E-state index is -1.63. The van der Waals surface area contributed by atoms with Crippen molar-refractivity contribution < 1.29 is 23.3 Å². The third-order valence-electron chi connectivity index (χ3n) is 10.1. The zero-order valence-electron chi connectivity index (χ0n) is 25.9. The molecule has 1 saturated heterocycles. The number of ether oxygens (including phenoxy) is 2. The van der Waals surface area contributed by atoms with Crippen molar-refractivity contribution in [2.45, 2.75) is 68.5 Å². The fourth-order valence-electron chi connectivity index (χ4n) is 7.57. The highest BCUT2D eigenvalue weighted by atomic mass is 32.2. The molecular weight excluding hydrogens is 578 g/mol. The van der Waals surface area contributed by atoms with Crippen LogP contribution in [-0.4, -0.2) is 83.0 Å². The highest BCUT2D eigenvalue weighted by Crippen LogP contribution is 2.60. The average Bonchev–Trinajstić information content (AvgIpc) is 3.63. The van der Waals surface area contributed by atoms with Gasteiger partial charge in [0.15, 0.2) is 11.2 Å². The Labute approximate surface area is 260 Å². The van der Waals surface area contributed by atoms with Crippen LogP contribution in [0.4, 0.5) is 4.79 Å². The third-order valence-corrected chi connectivity index (χ3v) is 11.1. The van der Waals surface area contributed by atoms with Crippen LogP contribution in [0.25, 0.3) is 22.2 Å². The van der Waals surface area contributed by atoms with E-state index in [0.29, 0.717) is 31.1 Å². The maximum atomic E-state index is 13.5. The first-order chi connectivity index (χ1) is 21.2. The smallest absolute Gasteiger partial charge is 0.318 e. The highest BCUT2D eigenvalue weighted by Gasteiger charge is 2.59. The van der Waals surface area contributed by atoms with Crippen LogP contribution in [0.15, 0.2) is 36.4 Å². The summed E-state index contributed by atoms with van der Waals surface area (Å²) in [6.07, 6.45) is 6.81. The number of carbonyl (C=O) groups excluding carboxylic acids is 2. The van der Waals surface area contributed by atoms with Crippen LogP contribution in [-0.2, 0) is 22.5 Å². The van der Waals surface area contributed by atoms with Crippen LogP contribution < -0.4 is 14.8 Å². The van der Waals surface area contributed by atoms with Crippen LogP contribution >= 0.6 is 0 Å². The molecule has 11 heteroatoms. The first kappa shape index (κ1) is 29.3. The number of hydrogen-bond acceptors (Lipinski definition) is 5. The normalized spacial score (nSPS) is 23.7. The largest absolute Gasteiger partial charge is 0.497 e. The maximum absolute atomic E-state index is 13.5. The zero-order chi connectivity index (χ0) is 30.7. The lowest BCUT2D eigenvalue weighted by Gasteiger charge is -2.39. The van der Waals surface area contributed by atoms with E-state index in [0.717, 1.165) is 35.9 Å². The predicted octanol–water partition coefficient (Wildman–Crippen LogP) is 4.51. The van der Waals surface area contributed by atoms with E-state index in [1.165, 1.54) is 46.0 Å². The first-order valence-corrected chi connectivity index (χ1v) is 16.7. The van der Waals surface area contributed by atoms with Gasteiger partial charge in [0.1, 0.15) is 5.75 Å². The number of carbonyl (C=O) groups is 2. The summed E-state index contributed by atoms with van der Waals surface area (Å²) in [7, 11) is 6.69. The monoisotopic (exact) mass is 619 g/mol. The SMILES string of the molecule is COc1ccc2c(c1)C1CC1(NC(=O)N1CC(OC)C1)Cn1c-2c(C2CCCCC2)c2ccc(C(=O)NS(=O)N(C)C)cc21. The molecule has 1 aromatic heterocycles. The van der Waals surface area contributed by atoms with Crippen molar-refractivity contribution in [3.63, 3.8) is 0 Å². The molecular formula is C33H41N5O5S. The summed E-state index contributed by atoms with van der Waals surface area (Å²) in [6.45, 7) is 1.77. The van der Waals surface area contributed by atoms with E-state index in [2.05, 4.69) is 32.8 Å². The van der Waals surface area contributed by atoms with Gasteiger partial charge in [-0.25, -0.2) is 13.3 Å². The minimum Gasteiger partial charge on any atom is -0.497 e. The van der Waals surface area contributed by atoms with E-state index in [1.807, 2.05) is 23.1 Å². The zero-order valence-corrected chi connectivity index (χ0v) is 26.7. The molecule has 0 bridgehead atoms. The lowest BCUT2D eigenvalue weighted by molar-refractivity contribution is -0.00856. The van der Waals surface area contributed by atoms with Gasteiger partial charge >= 0.3 is 6.03 Å². The number of methoxy groups -OCH3 is 2. The van der Waals surface area contributed by atoms with Gasteiger partial charge in [-0.05, 0) is 66.6 Å². The summed E-state index contributed by atoms with van der Waals surface area (Å²) in [5, 5.41) is 4.59. The molecule has 4 aliphatic rings. The molecule has 2 N–H and O–H groups in total. The summed E-state index contributed by atoms with van der Waals surface area (Å²) in [5.41, 5.74) is 5.84. The number of nitrogens with zero attached hydrogens (tertiary/aromatic N) is 3. The predicted molar refractivity (Wildman–Crippen MR) is 170 cm³/mol. The number of fused-ring (bicyclic) bond motifs is 7. The quantitative estimate of drug-likeness (QED) is 0.405. The third kappa shape index (κ3) is 4.89. The second kappa shape index (κ2) is 11.2. The van der Waals surface area contributed by atoms with Crippen molar-refractivity contribution in [1.29, 1.82) is 0 Å². The van der Waals surface area contributed by atoms with Gasteiger partial charge in [-0.15, -0.1) is 0 Å². The van der Waals surface area contributed by atoms with Crippen LogP contribution in [0.5, 0.6) is 5.75 Å². The van der Waals surface area contributed by atoms with Gasteiger partial charge < -0.3 is 24.3 Å². The van der Waals surface area contributed by atoms with Gasteiger partial charge in [0.25, 0.3) is 5.91 Å². The molecule has 7 rings (SSSR count). The Bertz CT molecular complexity index is 1660. The van der Waals surface area contributed by atoms with Gasteiger partial charge in [0.2, 0.25) is 0 Å². The molecule has 3 fully saturated rings. The molecule has 3 heterocycles. The van der Waals surface area contributed by atoms with Gasteiger partial charge in [-0.3, -0.25) is 9.52 Å². The summed E-state index contributed by atoms with van der Waals surface area (Å²) in [6, 6.07) is 12.1. The van der Waals surface area contributed by atoms with E-state index in [-0.39, 0.29) is 24.0 Å². The number of hydrogen-bond donors (Lipinski definition) is 2. The molecule has 2 aromatic carbocycles. The molecule has 10 nitrogen and oxygen atoms in total. The van der Waals surface area contributed by atoms with Gasteiger partial charge in [0.05, 0.1) is 37.5 Å². The molecule has 44 heavy (non-hydrogen) atoms. The number of likely N-dealkylation sites (tertiary alicyclic amines) is 1. The van der Waals surface area contributed by atoms with Crippen molar-refractivity contribution in [3.05, 3.63) is 53.1 Å². The summed E-state index contributed by atoms with van der Waals surface area (Å²) < 4.78 is 29.9. The minimum absolute atomic E-state index is 0.0658. The Balaban J connectivity index is 1.38. The van der Waals surface area contributed by atoms with Crippen molar-refractivity contribution in [1.82, 2.24) is 23.8 Å². The van der Waals surface area contributed by atoms with Crippen molar-refractivity contribution in [2.75, 3.05) is 41.4 Å². The van der Waals surface area contributed by atoms with Gasteiger partial charge in [-0.1, -0.05) is 25.3 Å². The molecule has 0 spiro atoms. The molecule has 0 radical (unpaired) electrons. The Kier molecular flexibility index (Phi) is 7.45. The van der Waals surface area contributed by atoms with E-state index in [4.69, 9.17) is 9.47 Å². The summed E-state index contributed by atoms with van der Waals surface area (Å²) in [5.74, 6) is 0.966. The molecule has 2 saturated carbocycles. The second-order valence-corrected chi connectivity index (χ2v) is 14.4. The average molecular weight is 620 g/mol. The van der Waals surface area contributed by atoms with Crippen molar-refractivity contribution in [2.24, 2.45) is 0 Å². The Hall–Kier alpha value is -3.41. The molecule has 3 atom stereocenters. The first-order valence-electron chi connectivity index (χ1n) is 15.6. The van der Waals surface area contributed by atoms with Crippen molar-refractivity contribution >= 4 is 34.0 Å². The topological polar surface area (TPSA) is 105 Å². The number of urea groups is 1. The fourth-order valence-corrected chi connectivity index (χ4v) is 8.03. The Morgan fingerprint density at radius 1 is 1.05 bits per heavy atom. The number of nitrogens with one attached hydrogen (secondary N) is 2. The lowest BCUT2D eigenvalue weighted by atomic mass is 9.81. The van der Waals surface area contributed by atoms with Gasteiger partial charge in [-0.2, -0.15) is 0 Å². The highest BCUT2D eigenvalue weighted by molar-refractivity contribution is 7.81. The van der Waals surface area contributed by atoms with Gasteiger partial charge in [0, 0.05) is 55.7 Å². The Morgan fingerprint density at radius 3 is 2.52 bits per heavy atom. The van der Waals surface area contributed by atoms with Crippen LogP contribution in [0.1, 0.15) is 71.8 Å². The standard InChI is InChI=1S/C33H41N5O5S/c1-36(2)44(41)35-31(39)21-10-12-25-28(14-21)38-19-33(34-32(40)37-17-23(18-37)43-4)16-27(33)26-15-22(42-3)11-13-24(26)30(38)29(25)20-8-6-5-7-9-20/h10-15,20,23,27H,5-9,16-19H2,1-4H3,(H,34,40)(H,35,39). The number of benzene rings is 2. The van der Waals surface area contributed by atoms with E-state index in [9.17, 15) is 13.8 Å². The number of rotatable bonds is 7. The molecule has 3 aromatic rings. The summed E-state index contributed by atoms with van der Waals surface area (Å²) in [4.78, 5) is 28.6. The van der Waals surface area contributed by atoms with Crippen molar-refractivity contribution in [3.8, 4) is 17.0 Å². The van der Waals surface area contributed by atoms with Crippen LogP contribution in [0, 0.1) is 0 Å². The molecule has 2 aliphatic heterocycles. The van der Waals surface area contributed by atoms with Crippen LogP contribution in [0.3, 0.4) is 0 Å². The maximum Gasteiger partial charge on any atom is 0.318 e. The molecule has 234 valence electrons. The van der Waals surface area contributed by atoms with E-state index in [1.54, 1.807) is 28.3 Å². The molecule has 3 unspecified atom stereocenters. The fraction of sp³-hybridized carbons (Fsp3) is 0.515.